The van der Waals surface area contributed by atoms with Crippen LogP contribution in [0.25, 0.3) is 10.9 Å². The SMILES string of the molecule is [c]1cncc2nnncc12. The van der Waals surface area contributed by atoms with E-state index in [1.807, 2.05) is 0 Å². The Morgan fingerprint density at radius 3 is 3.20 bits per heavy atom. The zero-order chi connectivity index (χ0) is 6.81. The van der Waals surface area contributed by atoms with Crippen molar-refractivity contribution in [3.8, 4) is 0 Å². The Balaban J connectivity index is 2.89. The third-order valence-corrected chi connectivity index (χ3v) is 1.16. The largest absolute Gasteiger partial charge is 0.262 e. The highest BCUT2D eigenvalue weighted by atomic mass is 15.3. The molecule has 2 aromatic heterocycles. The van der Waals surface area contributed by atoms with E-state index in [9.17, 15) is 0 Å². The van der Waals surface area contributed by atoms with Gasteiger partial charge in [0.25, 0.3) is 0 Å². The monoisotopic (exact) mass is 131 g/mol. The van der Waals surface area contributed by atoms with E-state index in [0.717, 1.165) is 10.9 Å². The molecule has 4 heteroatoms. The van der Waals surface area contributed by atoms with Crippen LogP contribution in [0.1, 0.15) is 0 Å². The normalized spacial score (nSPS) is 10.0. The molecule has 0 saturated heterocycles. The molecule has 0 aromatic carbocycles. The van der Waals surface area contributed by atoms with E-state index in [1.54, 1.807) is 18.6 Å². The second kappa shape index (κ2) is 1.98. The highest BCUT2D eigenvalue weighted by molar-refractivity contribution is 5.74. The zero-order valence-electron chi connectivity index (χ0n) is 5.02. The number of aromatic nitrogens is 4. The minimum Gasteiger partial charge on any atom is -0.262 e. The molecule has 0 aliphatic carbocycles. The fourth-order valence-corrected chi connectivity index (χ4v) is 0.699. The van der Waals surface area contributed by atoms with E-state index in [1.165, 1.54) is 0 Å². The summed E-state index contributed by atoms with van der Waals surface area (Å²) in [5.41, 5.74) is 0.720. The van der Waals surface area contributed by atoms with Gasteiger partial charge in [0, 0.05) is 17.6 Å². The van der Waals surface area contributed by atoms with E-state index in [2.05, 4.69) is 26.5 Å². The van der Waals surface area contributed by atoms with Gasteiger partial charge >= 0.3 is 0 Å². The second-order valence-corrected chi connectivity index (χ2v) is 1.78. The van der Waals surface area contributed by atoms with Crippen LogP contribution < -0.4 is 0 Å². The minimum absolute atomic E-state index is 0.720. The van der Waals surface area contributed by atoms with Gasteiger partial charge in [-0.3, -0.25) is 4.98 Å². The van der Waals surface area contributed by atoms with Crippen LogP contribution in [0.2, 0.25) is 0 Å². The quantitative estimate of drug-likeness (QED) is 0.513. The summed E-state index contributed by atoms with van der Waals surface area (Å²) >= 11 is 0. The number of hydrogen-bond acceptors (Lipinski definition) is 4. The second-order valence-electron chi connectivity index (χ2n) is 1.78. The van der Waals surface area contributed by atoms with Crippen molar-refractivity contribution in [1.82, 2.24) is 20.4 Å². The maximum absolute atomic E-state index is 3.83. The molecule has 0 spiro atoms. The summed E-state index contributed by atoms with van der Waals surface area (Å²) in [5.74, 6) is 0. The van der Waals surface area contributed by atoms with Crippen LogP contribution in [0.3, 0.4) is 0 Å². The van der Waals surface area contributed by atoms with E-state index >= 15 is 0 Å². The van der Waals surface area contributed by atoms with Gasteiger partial charge in [0.1, 0.15) is 5.52 Å². The van der Waals surface area contributed by atoms with Crippen LogP contribution in [0.15, 0.2) is 18.6 Å². The fraction of sp³-hybridized carbons (Fsp3) is 0. The van der Waals surface area contributed by atoms with Gasteiger partial charge < -0.3 is 0 Å². The van der Waals surface area contributed by atoms with Crippen molar-refractivity contribution in [3.05, 3.63) is 24.7 Å². The number of hydrogen-bond donors (Lipinski definition) is 0. The molecule has 0 aliphatic heterocycles. The van der Waals surface area contributed by atoms with Crippen molar-refractivity contribution in [2.24, 2.45) is 0 Å². The first-order valence-corrected chi connectivity index (χ1v) is 2.76. The van der Waals surface area contributed by atoms with E-state index < -0.39 is 0 Å². The predicted molar refractivity (Wildman–Crippen MR) is 34.0 cm³/mol. The maximum atomic E-state index is 3.83. The van der Waals surface area contributed by atoms with Crippen molar-refractivity contribution in [2.75, 3.05) is 0 Å². The van der Waals surface area contributed by atoms with Crippen molar-refractivity contribution < 1.29 is 0 Å². The molecule has 0 saturated carbocycles. The lowest BCUT2D eigenvalue weighted by Gasteiger charge is -1.88. The van der Waals surface area contributed by atoms with Gasteiger partial charge in [-0.25, -0.2) is 0 Å². The minimum atomic E-state index is 0.720. The lowest BCUT2D eigenvalue weighted by atomic mass is 10.3. The van der Waals surface area contributed by atoms with Crippen LogP contribution in [-0.2, 0) is 0 Å². The Morgan fingerprint density at radius 1 is 1.30 bits per heavy atom. The third-order valence-electron chi connectivity index (χ3n) is 1.16. The van der Waals surface area contributed by atoms with Gasteiger partial charge in [-0.1, -0.05) is 0 Å². The van der Waals surface area contributed by atoms with Crippen molar-refractivity contribution in [1.29, 1.82) is 0 Å². The van der Waals surface area contributed by atoms with Gasteiger partial charge in [0.2, 0.25) is 0 Å². The van der Waals surface area contributed by atoms with Gasteiger partial charge in [0.05, 0.1) is 12.4 Å². The van der Waals surface area contributed by atoms with Crippen LogP contribution in [-0.4, -0.2) is 20.4 Å². The molecule has 0 fully saturated rings. The lowest BCUT2D eigenvalue weighted by Crippen LogP contribution is -1.86. The van der Waals surface area contributed by atoms with E-state index in [-0.39, 0.29) is 0 Å². The molecule has 4 nitrogen and oxygen atoms in total. The van der Waals surface area contributed by atoms with Crippen LogP contribution in [0.4, 0.5) is 0 Å². The molecule has 0 bridgehead atoms. The standard InChI is InChI=1S/C6H3N4/c1-2-7-4-6-5(1)3-8-10-9-6/h2-4H. The first kappa shape index (κ1) is 5.22. The number of rotatable bonds is 0. The molecule has 0 N–H and O–H groups in total. The predicted octanol–water partition coefficient (Wildman–Crippen LogP) is 0.220. The summed E-state index contributed by atoms with van der Waals surface area (Å²) in [5, 5.41) is 11.6. The molecule has 2 aromatic rings. The lowest BCUT2D eigenvalue weighted by molar-refractivity contribution is 0.893. The Bertz CT molecular complexity index is 281. The zero-order valence-corrected chi connectivity index (χ0v) is 5.02. The molecule has 0 aliphatic rings. The fourth-order valence-electron chi connectivity index (χ4n) is 0.699. The van der Waals surface area contributed by atoms with Crippen LogP contribution in [0.5, 0.6) is 0 Å². The van der Waals surface area contributed by atoms with E-state index in [0.29, 0.717) is 0 Å². The highest BCUT2D eigenvalue weighted by Crippen LogP contribution is 2.02. The summed E-state index contributed by atoms with van der Waals surface area (Å²) in [6.45, 7) is 0. The van der Waals surface area contributed by atoms with Gasteiger partial charge in [-0.15, -0.1) is 10.2 Å². The third kappa shape index (κ3) is 0.699. The molecular formula is C6H3N4. The first-order chi connectivity index (χ1) is 4.97. The topological polar surface area (TPSA) is 51.6 Å². The average molecular weight is 131 g/mol. The van der Waals surface area contributed by atoms with Crippen molar-refractivity contribution >= 4 is 10.9 Å². The van der Waals surface area contributed by atoms with Crippen LogP contribution >= 0.6 is 0 Å². The first-order valence-electron chi connectivity index (χ1n) is 2.76. The van der Waals surface area contributed by atoms with Gasteiger partial charge in [-0.2, -0.15) is 0 Å². The summed E-state index contributed by atoms with van der Waals surface area (Å²) < 4.78 is 0. The summed E-state index contributed by atoms with van der Waals surface area (Å²) in [6, 6.07) is 2.87. The number of nitrogens with zero attached hydrogens (tertiary/aromatic N) is 4. The molecule has 10 heavy (non-hydrogen) atoms. The Morgan fingerprint density at radius 2 is 2.30 bits per heavy atom. The van der Waals surface area contributed by atoms with E-state index in [4.69, 9.17) is 0 Å². The molecule has 1 radical (unpaired) electrons. The Hall–Kier alpha value is -1.58. The summed E-state index contributed by atoms with van der Waals surface area (Å²) in [6.07, 6.45) is 4.80. The van der Waals surface area contributed by atoms with Crippen LogP contribution in [0, 0.1) is 6.07 Å². The average Bonchev–Trinajstić information content (AvgIpc) is 2.05. The number of pyridine rings is 1. The summed E-state index contributed by atoms with van der Waals surface area (Å²) in [7, 11) is 0. The molecule has 0 atom stereocenters. The number of fused-ring (bicyclic) bond motifs is 1. The summed E-state index contributed by atoms with van der Waals surface area (Å²) in [4.78, 5) is 3.83. The molecule has 0 amide bonds. The van der Waals surface area contributed by atoms with Crippen molar-refractivity contribution in [3.63, 3.8) is 0 Å². The molecule has 2 rings (SSSR count). The molecule has 2 heterocycles. The smallest absolute Gasteiger partial charge is 0.115 e. The van der Waals surface area contributed by atoms with Gasteiger partial charge in [-0.05, 0) is 5.21 Å². The molecular weight excluding hydrogens is 128 g/mol. The molecule has 47 valence electrons. The van der Waals surface area contributed by atoms with Crippen molar-refractivity contribution in [2.45, 2.75) is 0 Å². The maximum Gasteiger partial charge on any atom is 0.115 e. The Kier molecular flexibility index (Phi) is 1.04. The van der Waals surface area contributed by atoms with Gasteiger partial charge in [0.15, 0.2) is 0 Å². The highest BCUT2D eigenvalue weighted by Gasteiger charge is 1.90. The Labute approximate surface area is 56.9 Å². The molecule has 0 unspecified atom stereocenters.